The Morgan fingerprint density at radius 3 is 3.00 bits per heavy atom. The summed E-state index contributed by atoms with van der Waals surface area (Å²) in [5, 5.41) is 2.99. The molecule has 0 aromatic carbocycles. The number of rotatable bonds is 6. The van der Waals surface area contributed by atoms with Crippen molar-refractivity contribution in [3.05, 3.63) is 30.1 Å². The summed E-state index contributed by atoms with van der Waals surface area (Å²) >= 11 is 1.66. The van der Waals surface area contributed by atoms with Crippen molar-refractivity contribution in [3.63, 3.8) is 0 Å². The Balaban J connectivity index is 1.56. The fourth-order valence-corrected chi connectivity index (χ4v) is 4.29. The summed E-state index contributed by atoms with van der Waals surface area (Å²) in [4.78, 5) is 31.1. The molecule has 5 nitrogen and oxygen atoms in total. The number of thioether (sulfide) groups is 1. The highest BCUT2D eigenvalue weighted by Crippen LogP contribution is 2.49. The molecule has 1 aromatic rings. The van der Waals surface area contributed by atoms with E-state index in [4.69, 9.17) is 0 Å². The first-order chi connectivity index (χ1) is 11.6. The standard InChI is InChI=1S/C18H25N3O2S/c1-12(2)5-7-20-17(22)16-10-24-11-21(16)18(23)15-8-14(15)13-4-3-6-19-9-13/h3-4,6,9,12,14-16H,5,7-8,10-11H2,1-2H3,(H,20,22). The van der Waals surface area contributed by atoms with Crippen LogP contribution in [0, 0.1) is 11.8 Å². The van der Waals surface area contributed by atoms with Gasteiger partial charge in [0.1, 0.15) is 6.04 Å². The van der Waals surface area contributed by atoms with E-state index in [1.54, 1.807) is 22.9 Å². The number of aromatic nitrogens is 1. The molecule has 2 heterocycles. The zero-order valence-corrected chi connectivity index (χ0v) is 15.1. The van der Waals surface area contributed by atoms with E-state index < -0.39 is 0 Å². The van der Waals surface area contributed by atoms with Gasteiger partial charge < -0.3 is 10.2 Å². The Labute approximate surface area is 147 Å². The Hall–Kier alpha value is -1.56. The molecule has 1 N–H and O–H groups in total. The zero-order chi connectivity index (χ0) is 17.1. The van der Waals surface area contributed by atoms with Crippen LogP contribution in [0.15, 0.2) is 24.5 Å². The lowest BCUT2D eigenvalue weighted by Gasteiger charge is -2.23. The second-order valence-corrected chi connectivity index (χ2v) is 8.03. The van der Waals surface area contributed by atoms with Crippen LogP contribution in [-0.4, -0.2) is 45.9 Å². The van der Waals surface area contributed by atoms with Gasteiger partial charge in [-0.3, -0.25) is 14.6 Å². The average Bonchev–Trinajstić information content (AvgIpc) is 3.22. The van der Waals surface area contributed by atoms with Gasteiger partial charge in [0.15, 0.2) is 0 Å². The van der Waals surface area contributed by atoms with Crippen molar-refractivity contribution in [3.8, 4) is 0 Å². The molecule has 6 heteroatoms. The quantitative estimate of drug-likeness (QED) is 0.857. The number of amides is 2. The summed E-state index contributed by atoms with van der Waals surface area (Å²) < 4.78 is 0. The van der Waals surface area contributed by atoms with Crippen molar-refractivity contribution in [2.45, 2.75) is 38.6 Å². The van der Waals surface area contributed by atoms with Crippen LogP contribution in [0.5, 0.6) is 0 Å². The normalized spacial score (nSPS) is 25.8. The maximum atomic E-state index is 12.8. The Kier molecular flexibility index (Phi) is 5.43. The number of pyridine rings is 1. The number of nitrogens with one attached hydrogen (secondary N) is 1. The number of hydrogen-bond donors (Lipinski definition) is 1. The highest BCUT2D eigenvalue weighted by Gasteiger charge is 2.48. The molecule has 1 aliphatic heterocycles. The van der Waals surface area contributed by atoms with Gasteiger partial charge in [-0.1, -0.05) is 19.9 Å². The summed E-state index contributed by atoms with van der Waals surface area (Å²) in [6.07, 6.45) is 5.42. The third kappa shape index (κ3) is 3.91. The highest BCUT2D eigenvalue weighted by atomic mass is 32.2. The third-order valence-corrected chi connectivity index (χ3v) is 5.72. The van der Waals surface area contributed by atoms with E-state index in [2.05, 4.69) is 24.1 Å². The molecule has 3 unspecified atom stereocenters. The summed E-state index contributed by atoms with van der Waals surface area (Å²) in [6.45, 7) is 4.96. The zero-order valence-electron chi connectivity index (χ0n) is 14.3. The summed E-state index contributed by atoms with van der Waals surface area (Å²) in [7, 11) is 0. The van der Waals surface area contributed by atoms with Crippen LogP contribution < -0.4 is 5.32 Å². The van der Waals surface area contributed by atoms with E-state index in [0.717, 1.165) is 18.4 Å². The second-order valence-electron chi connectivity index (χ2n) is 7.03. The largest absolute Gasteiger partial charge is 0.354 e. The van der Waals surface area contributed by atoms with E-state index in [9.17, 15) is 9.59 Å². The van der Waals surface area contributed by atoms with E-state index in [0.29, 0.717) is 24.1 Å². The molecule has 1 aromatic heterocycles. The third-order valence-electron chi connectivity index (χ3n) is 4.71. The van der Waals surface area contributed by atoms with Crippen LogP contribution >= 0.6 is 11.8 Å². The molecule has 0 radical (unpaired) electrons. The lowest BCUT2D eigenvalue weighted by molar-refractivity contribution is -0.139. The molecular formula is C18H25N3O2S. The predicted molar refractivity (Wildman–Crippen MR) is 95.5 cm³/mol. The van der Waals surface area contributed by atoms with Crippen LogP contribution in [0.3, 0.4) is 0 Å². The van der Waals surface area contributed by atoms with Gasteiger partial charge >= 0.3 is 0 Å². The van der Waals surface area contributed by atoms with E-state index >= 15 is 0 Å². The van der Waals surface area contributed by atoms with Gasteiger partial charge in [0.05, 0.1) is 5.88 Å². The first-order valence-corrected chi connectivity index (χ1v) is 9.79. The van der Waals surface area contributed by atoms with Crippen molar-refractivity contribution < 1.29 is 9.59 Å². The van der Waals surface area contributed by atoms with Gasteiger partial charge in [-0.2, -0.15) is 0 Å². The summed E-state index contributed by atoms with van der Waals surface area (Å²) in [6, 6.07) is 3.62. The molecule has 130 valence electrons. The lowest BCUT2D eigenvalue weighted by atomic mass is 10.1. The Bertz CT molecular complexity index is 593. The molecular weight excluding hydrogens is 322 g/mol. The van der Waals surface area contributed by atoms with E-state index in [1.165, 1.54) is 0 Å². The molecule has 0 spiro atoms. The van der Waals surface area contributed by atoms with Gasteiger partial charge in [0, 0.05) is 30.6 Å². The van der Waals surface area contributed by atoms with Gasteiger partial charge in [-0.05, 0) is 36.3 Å². The molecule has 1 saturated carbocycles. The van der Waals surface area contributed by atoms with Crippen LogP contribution in [0.4, 0.5) is 0 Å². The fraction of sp³-hybridized carbons (Fsp3) is 0.611. The molecule has 1 saturated heterocycles. The molecule has 2 amide bonds. The molecule has 2 aliphatic rings. The van der Waals surface area contributed by atoms with Crippen molar-refractivity contribution in [1.29, 1.82) is 0 Å². The minimum absolute atomic E-state index is 0.00687. The number of carbonyl (C=O) groups excluding carboxylic acids is 2. The summed E-state index contributed by atoms with van der Waals surface area (Å²) in [5.74, 6) is 2.28. The smallest absolute Gasteiger partial charge is 0.243 e. The lowest BCUT2D eigenvalue weighted by Crippen LogP contribution is -2.48. The SMILES string of the molecule is CC(C)CCNC(=O)C1CSCN1C(=O)C1CC1c1cccnc1. The molecule has 3 rings (SSSR count). The molecule has 24 heavy (non-hydrogen) atoms. The minimum atomic E-state index is -0.315. The molecule has 1 aliphatic carbocycles. The molecule has 0 bridgehead atoms. The first kappa shape index (κ1) is 17.3. The number of hydrogen-bond acceptors (Lipinski definition) is 4. The van der Waals surface area contributed by atoms with Gasteiger partial charge in [0.25, 0.3) is 0 Å². The summed E-state index contributed by atoms with van der Waals surface area (Å²) in [5.41, 5.74) is 1.13. The minimum Gasteiger partial charge on any atom is -0.354 e. The number of carbonyl (C=O) groups is 2. The van der Waals surface area contributed by atoms with Gasteiger partial charge in [-0.15, -0.1) is 11.8 Å². The van der Waals surface area contributed by atoms with Crippen LogP contribution in [0.25, 0.3) is 0 Å². The van der Waals surface area contributed by atoms with Crippen LogP contribution in [0.2, 0.25) is 0 Å². The number of nitrogens with zero attached hydrogens (tertiary/aromatic N) is 2. The average molecular weight is 347 g/mol. The topological polar surface area (TPSA) is 62.3 Å². The van der Waals surface area contributed by atoms with Crippen LogP contribution in [0.1, 0.15) is 38.2 Å². The van der Waals surface area contributed by atoms with Crippen molar-refractivity contribution in [2.75, 3.05) is 18.2 Å². The monoisotopic (exact) mass is 347 g/mol. The van der Waals surface area contributed by atoms with Crippen LogP contribution in [-0.2, 0) is 9.59 Å². The van der Waals surface area contributed by atoms with Gasteiger partial charge in [0.2, 0.25) is 11.8 Å². The van der Waals surface area contributed by atoms with E-state index in [-0.39, 0.29) is 29.7 Å². The fourth-order valence-electron chi connectivity index (χ4n) is 3.12. The Morgan fingerprint density at radius 2 is 2.29 bits per heavy atom. The van der Waals surface area contributed by atoms with Crippen molar-refractivity contribution in [2.24, 2.45) is 11.8 Å². The maximum Gasteiger partial charge on any atom is 0.243 e. The highest BCUT2D eigenvalue weighted by molar-refractivity contribution is 7.99. The van der Waals surface area contributed by atoms with Crippen molar-refractivity contribution in [1.82, 2.24) is 15.2 Å². The molecule has 3 atom stereocenters. The van der Waals surface area contributed by atoms with Crippen molar-refractivity contribution >= 4 is 23.6 Å². The van der Waals surface area contributed by atoms with E-state index in [1.807, 2.05) is 18.3 Å². The predicted octanol–water partition coefficient (Wildman–Crippen LogP) is 2.25. The molecule has 2 fully saturated rings. The first-order valence-electron chi connectivity index (χ1n) is 8.63. The van der Waals surface area contributed by atoms with Gasteiger partial charge in [-0.25, -0.2) is 0 Å². The second kappa shape index (κ2) is 7.55. The maximum absolute atomic E-state index is 12.8. The Morgan fingerprint density at radius 1 is 1.46 bits per heavy atom.